The summed E-state index contributed by atoms with van der Waals surface area (Å²) in [5.41, 5.74) is 3.65. The Labute approximate surface area is 203 Å². The van der Waals surface area contributed by atoms with Crippen LogP contribution in [0.4, 0.5) is 0 Å². The maximum atomic E-state index is 11.2. The molecule has 0 spiro atoms. The number of aromatic hydroxyl groups is 1. The molecule has 1 heterocycles. The molecular weight excluding hydrogens is 428 g/mol. The normalized spacial score (nSPS) is 17.9. The van der Waals surface area contributed by atoms with Crippen molar-refractivity contribution in [1.82, 2.24) is 0 Å². The number of carboxylic acid groups (broad SMARTS) is 1. The van der Waals surface area contributed by atoms with Crippen LogP contribution >= 0.6 is 0 Å². The highest BCUT2D eigenvalue weighted by molar-refractivity contribution is 5.76. The quantitative estimate of drug-likeness (QED) is 0.321. The van der Waals surface area contributed by atoms with Crippen molar-refractivity contribution in [3.8, 4) is 17.2 Å². The van der Waals surface area contributed by atoms with Crippen LogP contribution in [0, 0.1) is 20.8 Å². The average molecular weight is 467 g/mol. The smallest absolute Gasteiger partial charge is 0.347 e. The highest BCUT2D eigenvalue weighted by Crippen LogP contribution is 2.43. The molecule has 3 rings (SSSR count). The van der Waals surface area contributed by atoms with E-state index in [1.807, 2.05) is 45.0 Å². The number of unbranched alkanes of at least 4 members (excludes halogenated alkanes) is 2. The molecule has 5 nitrogen and oxygen atoms in total. The van der Waals surface area contributed by atoms with Gasteiger partial charge in [-0.05, 0) is 121 Å². The number of carbonyl (C=O) groups is 1. The lowest BCUT2D eigenvalue weighted by molar-refractivity contribution is -0.152. The first-order valence-electron chi connectivity index (χ1n) is 12.1. The molecule has 1 atom stereocenters. The molecule has 2 N–H and O–H groups in total. The number of phenolic OH excluding ortho intramolecular Hbond substituents is 1. The van der Waals surface area contributed by atoms with E-state index in [1.54, 1.807) is 13.8 Å². The lowest BCUT2D eigenvalue weighted by Gasteiger charge is -2.36. The number of benzene rings is 2. The summed E-state index contributed by atoms with van der Waals surface area (Å²) in [7, 11) is 0. The molecular formula is C29H38O5. The van der Waals surface area contributed by atoms with Crippen molar-refractivity contribution in [2.45, 2.75) is 91.3 Å². The van der Waals surface area contributed by atoms with Gasteiger partial charge in [-0.25, -0.2) is 4.79 Å². The van der Waals surface area contributed by atoms with Crippen molar-refractivity contribution >= 4 is 5.97 Å². The van der Waals surface area contributed by atoms with Crippen molar-refractivity contribution in [3.63, 3.8) is 0 Å². The fraction of sp³-hybridized carbons (Fsp3) is 0.483. The second-order valence-electron chi connectivity index (χ2n) is 10.2. The molecule has 0 amide bonds. The van der Waals surface area contributed by atoms with E-state index in [2.05, 4.69) is 19.1 Å². The Hall–Kier alpha value is -2.95. The van der Waals surface area contributed by atoms with Crippen molar-refractivity contribution in [3.05, 3.63) is 64.2 Å². The molecule has 0 radical (unpaired) electrons. The summed E-state index contributed by atoms with van der Waals surface area (Å²) >= 11 is 0. The predicted octanol–water partition coefficient (Wildman–Crippen LogP) is 6.61. The molecule has 0 bridgehead atoms. The Balaban J connectivity index is 1.48. The Morgan fingerprint density at radius 3 is 2.44 bits per heavy atom. The van der Waals surface area contributed by atoms with Gasteiger partial charge >= 0.3 is 5.97 Å². The van der Waals surface area contributed by atoms with Crippen LogP contribution in [0.3, 0.4) is 0 Å². The van der Waals surface area contributed by atoms with Crippen LogP contribution in [0.5, 0.6) is 17.2 Å². The minimum atomic E-state index is -1.24. The molecule has 1 aliphatic rings. The number of phenols is 1. The van der Waals surface area contributed by atoms with Crippen molar-refractivity contribution in [2.24, 2.45) is 0 Å². The summed E-state index contributed by atoms with van der Waals surface area (Å²) in [6.45, 7) is 11.2. The lowest BCUT2D eigenvalue weighted by atomic mass is 9.87. The fourth-order valence-corrected chi connectivity index (χ4v) is 4.37. The molecule has 5 heteroatoms. The first kappa shape index (κ1) is 25.7. The molecule has 0 fully saturated rings. The monoisotopic (exact) mass is 466 g/mol. The maximum absolute atomic E-state index is 11.2. The summed E-state index contributed by atoms with van der Waals surface area (Å²) in [6.07, 6.45) is 10.3. The molecule has 0 saturated carbocycles. The van der Waals surface area contributed by atoms with Crippen molar-refractivity contribution in [1.29, 1.82) is 0 Å². The topological polar surface area (TPSA) is 76.0 Å². The molecule has 1 aliphatic heterocycles. The van der Waals surface area contributed by atoms with Crippen LogP contribution in [-0.4, -0.2) is 27.4 Å². The second-order valence-corrected chi connectivity index (χ2v) is 10.2. The van der Waals surface area contributed by atoms with Crippen LogP contribution in [0.15, 0.2) is 36.4 Å². The summed E-state index contributed by atoms with van der Waals surface area (Å²) in [4.78, 5) is 11.2. The van der Waals surface area contributed by atoms with Gasteiger partial charge in [0.15, 0.2) is 5.60 Å². The second kappa shape index (κ2) is 10.1. The number of allylic oxidation sites excluding steroid dienone is 1. The highest BCUT2D eigenvalue weighted by atomic mass is 16.5. The van der Waals surface area contributed by atoms with Gasteiger partial charge in [0, 0.05) is 5.56 Å². The van der Waals surface area contributed by atoms with E-state index in [9.17, 15) is 15.0 Å². The maximum Gasteiger partial charge on any atom is 0.347 e. The Bertz CT molecular complexity index is 1070. The minimum Gasteiger partial charge on any atom is -0.507 e. The van der Waals surface area contributed by atoms with E-state index in [0.717, 1.165) is 66.5 Å². The average Bonchev–Trinajstić information content (AvgIpc) is 2.79. The van der Waals surface area contributed by atoms with E-state index in [1.165, 1.54) is 5.56 Å². The molecule has 2 aromatic rings. The summed E-state index contributed by atoms with van der Waals surface area (Å²) in [5, 5.41) is 19.5. The van der Waals surface area contributed by atoms with Gasteiger partial charge < -0.3 is 19.7 Å². The lowest BCUT2D eigenvalue weighted by Crippen LogP contribution is -2.37. The summed E-state index contributed by atoms with van der Waals surface area (Å²) in [5.74, 6) is 0.911. The Morgan fingerprint density at radius 1 is 1.12 bits per heavy atom. The van der Waals surface area contributed by atoms with Crippen molar-refractivity contribution < 1.29 is 24.5 Å². The molecule has 0 aliphatic carbocycles. The Kier molecular flexibility index (Phi) is 7.64. The fourth-order valence-electron chi connectivity index (χ4n) is 4.37. The first-order chi connectivity index (χ1) is 15.9. The molecule has 0 unspecified atom stereocenters. The zero-order valence-electron chi connectivity index (χ0n) is 21.3. The number of hydrogen-bond donors (Lipinski definition) is 2. The number of carboxylic acids is 1. The van der Waals surface area contributed by atoms with Gasteiger partial charge in [0.1, 0.15) is 22.8 Å². The predicted molar refractivity (Wildman–Crippen MR) is 135 cm³/mol. The number of aryl methyl sites for hydroxylation is 1. The van der Waals surface area contributed by atoms with E-state index in [4.69, 9.17) is 9.47 Å². The minimum absolute atomic E-state index is 0.326. The van der Waals surface area contributed by atoms with Gasteiger partial charge in [0.05, 0.1) is 0 Å². The number of fused-ring (bicyclic) bond motifs is 1. The van der Waals surface area contributed by atoms with Crippen LogP contribution in [-0.2, 0) is 17.6 Å². The molecule has 34 heavy (non-hydrogen) atoms. The zero-order chi connectivity index (χ0) is 25.1. The molecule has 0 aromatic heterocycles. The SMILES string of the molecule is Cc1c(C)c2c(c(C)c1O)CC[C@](C)(/C=C\CCCCc1ccc(OC(C)(C)C(=O)O)cc1)O2. The molecule has 0 saturated heterocycles. The number of ether oxygens (including phenoxy) is 2. The number of aliphatic carboxylic acids is 1. The van der Waals surface area contributed by atoms with E-state index in [-0.39, 0.29) is 5.60 Å². The van der Waals surface area contributed by atoms with Gasteiger partial charge in [0.2, 0.25) is 0 Å². The third kappa shape index (κ3) is 5.75. The summed E-state index contributed by atoms with van der Waals surface area (Å²) < 4.78 is 12.0. The number of hydrogen-bond acceptors (Lipinski definition) is 4. The standard InChI is InChI=1S/C29H38O5/c1-19-20(2)26-24(21(3)25(19)30)16-18-29(6,34-26)17-10-8-7-9-11-22-12-14-23(15-13-22)33-28(4,5)27(31)32/h10,12-15,17,30H,7-9,11,16,18H2,1-6H3,(H,31,32)/b17-10-/t29-/m0/s1. The highest BCUT2D eigenvalue weighted by Gasteiger charge is 2.32. The third-order valence-corrected chi connectivity index (χ3v) is 6.91. The van der Waals surface area contributed by atoms with Crippen LogP contribution in [0.2, 0.25) is 0 Å². The summed E-state index contributed by atoms with van der Waals surface area (Å²) in [6, 6.07) is 7.68. The first-order valence-corrected chi connectivity index (χ1v) is 12.1. The van der Waals surface area contributed by atoms with Crippen LogP contribution < -0.4 is 9.47 Å². The van der Waals surface area contributed by atoms with Gasteiger partial charge in [-0.3, -0.25) is 0 Å². The van der Waals surface area contributed by atoms with Crippen molar-refractivity contribution in [2.75, 3.05) is 0 Å². The molecule has 2 aromatic carbocycles. The van der Waals surface area contributed by atoms with E-state index < -0.39 is 11.6 Å². The van der Waals surface area contributed by atoms with Crippen LogP contribution in [0.1, 0.15) is 74.3 Å². The van der Waals surface area contributed by atoms with E-state index in [0.29, 0.717) is 11.5 Å². The van der Waals surface area contributed by atoms with Gasteiger partial charge in [-0.1, -0.05) is 18.2 Å². The number of rotatable bonds is 9. The van der Waals surface area contributed by atoms with Gasteiger partial charge in [-0.15, -0.1) is 0 Å². The Morgan fingerprint density at radius 2 is 1.79 bits per heavy atom. The largest absolute Gasteiger partial charge is 0.507 e. The van der Waals surface area contributed by atoms with Gasteiger partial charge in [-0.2, -0.15) is 0 Å². The van der Waals surface area contributed by atoms with E-state index >= 15 is 0 Å². The molecule has 184 valence electrons. The zero-order valence-corrected chi connectivity index (χ0v) is 21.3. The van der Waals surface area contributed by atoms with Gasteiger partial charge in [0.25, 0.3) is 0 Å². The third-order valence-electron chi connectivity index (χ3n) is 6.91. The van der Waals surface area contributed by atoms with Crippen LogP contribution in [0.25, 0.3) is 0 Å².